The van der Waals surface area contributed by atoms with Crippen molar-refractivity contribution in [2.75, 3.05) is 12.8 Å². The Morgan fingerprint density at radius 3 is 1.52 bits per heavy atom. The van der Waals surface area contributed by atoms with Crippen molar-refractivity contribution in [1.29, 1.82) is 0 Å². The van der Waals surface area contributed by atoms with Gasteiger partial charge in [-0.2, -0.15) is 0 Å². The van der Waals surface area contributed by atoms with Gasteiger partial charge >= 0.3 is 0 Å². The number of carbonyl (C=O) groups excluding carboxylic acids is 1. The van der Waals surface area contributed by atoms with Crippen molar-refractivity contribution in [2.24, 2.45) is 5.92 Å². The summed E-state index contributed by atoms with van der Waals surface area (Å²) in [5.74, 6) is -0.813. The number of amides is 1. The topological polar surface area (TPSA) is 40.5 Å². The summed E-state index contributed by atoms with van der Waals surface area (Å²) in [6.07, 6.45) is 2.51. The lowest BCUT2D eigenvalue weighted by atomic mass is 9.74. The maximum atomic E-state index is 15.0. The van der Waals surface area contributed by atoms with Gasteiger partial charge in [0.25, 0.3) is 0 Å². The quantitative estimate of drug-likeness (QED) is 0.147. The van der Waals surface area contributed by atoms with Crippen molar-refractivity contribution in [3.8, 4) is 0 Å². The number of carbonyl (C=O) groups is 1. The highest BCUT2D eigenvalue weighted by molar-refractivity contribution is 7.98. The molecule has 1 fully saturated rings. The third-order valence-electron chi connectivity index (χ3n) is 8.50. The first-order chi connectivity index (χ1) is 20.5. The van der Waals surface area contributed by atoms with Crippen LogP contribution in [0.5, 0.6) is 0 Å². The van der Waals surface area contributed by atoms with Crippen LogP contribution >= 0.6 is 23.4 Å². The SMILES string of the molecule is CSc1ccc(C(O)(c2ccc(Cl)cc2)C2CCN(C(c3ccccc3)(c3ccccc3)c3ccccc3)C2=O)cc1. The monoisotopic (exact) mass is 589 g/mol. The summed E-state index contributed by atoms with van der Waals surface area (Å²) in [5, 5.41) is 13.4. The molecule has 1 aliphatic rings. The fourth-order valence-electron chi connectivity index (χ4n) is 6.52. The van der Waals surface area contributed by atoms with Crippen LogP contribution in [-0.4, -0.2) is 28.7 Å². The molecule has 5 aromatic rings. The molecule has 42 heavy (non-hydrogen) atoms. The van der Waals surface area contributed by atoms with Gasteiger partial charge in [0.1, 0.15) is 11.1 Å². The first kappa shape index (κ1) is 28.3. The number of benzene rings is 5. The van der Waals surface area contributed by atoms with Crippen LogP contribution in [0.25, 0.3) is 0 Å². The van der Waals surface area contributed by atoms with Gasteiger partial charge in [0, 0.05) is 16.5 Å². The van der Waals surface area contributed by atoms with E-state index in [2.05, 4.69) is 36.4 Å². The van der Waals surface area contributed by atoms with Gasteiger partial charge in [-0.3, -0.25) is 4.79 Å². The Labute approximate surface area is 256 Å². The zero-order valence-electron chi connectivity index (χ0n) is 23.4. The predicted octanol–water partition coefficient (Wildman–Crippen LogP) is 8.14. The van der Waals surface area contributed by atoms with Crippen molar-refractivity contribution in [3.63, 3.8) is 0 Å². The van der Waals surface area contributed by atoms with E-state index < -0.39 is 17.1 Å². The summed E-state index contributed by atoms with van der Waals surface area (Å²) in [6.45, 7) is 0.473. The van der Waals surface area contributed by atoms with Gasteiger partial charge in [-0.05, 0) is 64.8 Å². The molecule has 0 spiro atoms. The van der Waals surface area contributed by atoms with E-state index in [9.17, 15) is 9.90 Å². The van der Waals surface area contributed by atoms with E-state index in [0.29, 0.717) is 29.1 Å². The molecule has 2 atom stereocenters. The maximum absolute atomic E-state index is 15.0. The number of aliphatic hydroxyl groups is 1. The number of thioether (sulfide) groups is 1. The minimum absolute atomic E-state index is 0.0991. The first-order valence-corrected chi connectivity index (χ1v) is 15.7. The van der Waals surface area contributed by atoms with Crippen molar-refractivity contribution < 1.29 is 9.90 Å². The highest BCUT2D eigenvalue weighted by atomic mass is 35.5. The summed E-state index contributed by atoms with van der Waals surface area (Å²) in [7, 11) is 0. The second kappa shape index (κ2) is 11.8. The van der Waals surface area contributed by atoms with E-state index in [1.54, 1.807) is 23.9 Å². The Bertz CT molecular complexity index is 1550. The molecule has 3 nitrogen and oxygen atoms in total. The van der Waals surface area contributed by atoms with Crippen molar-refractivity contribution >= 4 is 29.3 Å². The molecular weight excluding hydrogens is 558 g/mol. The average molecular weight is 590 g/mol. The third kappa shape index (κ3) is 4.74. The summed E-state index contributed by atoms with van der Waals surface area (Å²) in [5.41, 5.74) is 1.88. The Balaban J connectivity index is 1.55. The molecule has 6 rings (SSSR count). The smallest absolute Gasteiger partial charge is 0.230 e. The van der Waals surface area contributed by atoms with E-state index in [-0.39, 0.29) is 5.91 Å². The van der Waals surface area contributed by atoms with Crippen LogP contribution < -0.4 is 0 Å². The van der Waals surface area contributed by atoms with E-state index >= 15 is 0 Å². The van der Waals surface area contributed by atoms with Crippen LogP contribution in [0.15, 0.2) is 144 Å². The summed E-state index contributed by atoms with van der Waals surface area (Å²) in [6, 6.07) is 45.7. The second-order valence-corrected chi connectivity index (χ2v) is 12.0. The first-order valence-electron chi connectivity index (χ1n) is 14.1. The van der Waals surface area contributed by atoms with Gasteiger partial charge < -0.3 is 10.0 Å². The number of hydrogen-bond donors (Lipinski definition) is 1. The number of hydrogen-bond acceptors (Lipinski definition) is 3. The van der Waals surface area contributed by atoms with Gasteiger partial charge in [0.2, 0.25) is 5.91 Å². The molecule has 1 N–H and O–H groups in total. The third-order valence-corrected chi connectivity index (χ3v) is 9.50. The Morgan fingerprint density at radius 1 is 0.667 bits per heavy atom. The van der Waals surface area contributed by atoms with E-state index in [1.807, 2.05) is 102 Å². The molecule has 1 saturated heterocycles. The van der Waals surface area contributed by atoms with Gasteiger partial charge in [0.15, 0.2) is 0 Å². The minimum Gasteiger partial charge on any atom is -0.380 e. The zero-order chi connectivity index (χ0) is 29.2. The van der Waals surface area contributed by atoms with Gasteiger partial charge in [-0.1, -0.05) is 127 Å². The molecule has 1 heterocycles. The van der Waals surface area contributed by atoms with Crippen LogP contribution in [0.2, 0.25) is 5.02 Å². The molecule has 2 unspecified atom stereocenters. The fraction of sp³-hybridized carbons (Fsp3) is 0.162. The number of likely N-dealkylation sites (tertiary alicyclic amines) is 1. The number of nitrogens with zero attached hydrogens (tertiary/aromatic N) is 1. The largest absolute Gasteiger partial charge is 0.380 e. The molecule has 0 aromatic heterocycles. The second-order valence-electron chi connectivity index (χ2n) is 10.6. The Morgan fingerprint density at radius 2 is 1.10 bits per heavy atom. The van der Waals surface area contributed by atoms with Crippen LogP contribution in [0.3, 0.4) is 0 Å². The standard InChI is InChI=1S/C37H32ClNO2S/c1-42-33-23-19-31(20-24-33)37(41,30-17-21-32(38)22-18-30)34-25-26-39(35(34)40)36(27-11-5-2-6-12-27,28-13-7-3-8-14-28)29-15-9-4-10-16-29/h2-24,34,41H,25-26H2,1H3. The fourth-order valence-corrected chi connectivity index (χ4v) is 7.06. The minimum atomic E-state index is -1.55. The summed E-state index contributed by atoms with van der Waals surface area (Å²) < 4.78 is 0. The average Bonchev–Trinajstić information content (AvgIpc) is 3.44. The van der Waals surface area contributed by atoms with Gasteiger partial charge in [-0.25, -0.2) is 0 Å². The summed E-state index contributed by atoms with van der Waals surface area (Å²) in [4.78, 5) is 18.1. The van der Waals surface area contributed by atoms with Crippen LogP contribution in [-0.2, 0) is 15.9 Å². The van der Waals surface area contributed by atoms with Crippen molar-refractivity contribution in [3.05, 3.63) is 172 Å². The Kier molecular flexibility index (Phi) is 7.96. The lowest BCUT2D eigenvalue weighted by Gasteiger charge is -2.44. The highest BCUT2D eigenvalue weighted by Crippen LogP contribution is 2.50. The van der Waals surface area contributed by atoms with Gasteiger partial charge in [0.05, 0.1) is 5.92 Å². The molecule has 0 aliphatic carbocycles. The van der Waals surface area contributed by atoms with Crippen molar-refractivity contribution in [1.82, 2.24) is 4.90 Å². The predicted molar refractivity (Wildman–Crippen MR) is 172 cm³/mol. The van der Waals surface area contributed by atoms with Gasteiger partial charge in [-0.15, -0.1) is 11.8 Å². The van der Waals surface area contributed by atoms with Crippen LogP contribution in [0.4, 0.5) is 0 Å². The highest BCUT2D eigenvalue weighted by Gasteiger charge is 2.55. The molecule has 0 bridgehead atoms. The number of halogens is 1. The lowest BCUT2D eigenvalue weighted by Crippen LogP contribution is -2.51. The molecule has 5 aromatic carbocycles. The molecule has 1 aliphatic heterocycles. The van der Waals surface area contributed by atoms with E-state index in [4.69, 9.17) is 11.6 Å². The molecule has 5 heteroatoms. The molecule has 0 saturated carbocycles. The van der Waals surface area contributed by atoms with Crippen molar-refractivity contribution in [2.45, 2.75) is 22.5 Å². The van der Waals surface area contributed by atoms with E-state index in [1.165, 1.54) is 0 Å². The van der Waals surface area contributed by atoms with Crippen LogP contribution in [0, 0.1) is 5.92 Å². The molecular formula is C37H32ClNO2S. The normalized spacial score (nSPS) is 16.8. The molecule has 1 amide bonds. The molecule has 0 radical (unpaired) electrons. The lowest BCUT2D eigenvalue weighted by molar-refractivity contribution is -0.140. The molecule has 210 valence electrons. The number of rotatable bonds is 8. The van der Waals surface area contributed by atoms with Crippen LogP contribution in [0.1, 0.15) is 34.2 Å². The zero-order valence-corrected chi connectivity index (χ0v) is 24.9. The maximum Gasteiger partial charge on any atom is 0.230 e. The summed E-state index contributed by atoms with van der Waals surface area (Å²) >= 11 is 7.90. The Hall–Kier alpha value is -3.83. The van der Waals surface area contributed by atoms with E-state index in [0.717, 1.165) is 21.6 Å².